The lowest BCUT2D eigenvalue weighted by Crippen LogP contribution is -1.99. The number of carboxylic acid groups (broad SMARTS) is 1. The lowest BCUT2D eigenvalue weighted by molar-refractivity contribution is 0.0691. The average Bonchev–Trinajstić information content (AvgIpc) is 2.65. The van der Waals surface area contributed by atoms with Gasteiger partial charge in [0.1, 0.15) is 11.4 Å². The minimum atomic E-state index is -1.16. The van der Waals surface area contributed by atoms with Gasteiger partial charge in [0.15, 0.2) is 5.69 Å². The van der Waals surface area contributed by atoms with E-state index >= 15 is 0 Å². The Kier molecular flexibility index (Phi) is 2.09. The molecule has 1 heterocycles. The molecule has 0 amide bonds. The predicted octanol–water partition coefficient (Wildman–Crippen LogP) is 0.875. The molecule has 1 aromatic carbocycles. The summed E-state index contributed by atoms with van der Waals surface area (Å²) in [5.41, 5.74) is 0.542. The monoisotopic (exact) mass is 205 g/mol. The van der Waals surface area contributed by atoms with E-state index in [2.05, 4.69) is 15.4 Å². The summed E-state index contributed by atoms with van der Waals surface area (Å²) >= 11 is 0. The third kappa shape index (κ3) is 1.64. The van der Waals surface area contributed by atoms with E-state index in [1.165, 1.54) is 12.1 Å². The van der Waals surface area contributed by atoms with Crippen LogP contribution < -0.4 is 0 Å². The molecule has 15 heavy (non-hydrogen) atoms. The van der Waals surface area contributed by atoms with E-state index in [1.54, 1.807) is 12.1 Å². The number of benzene rings is 1. The summed E-state index contributed by atoms with van der Waals surface area (Å²) in [5.74, 6) is -1.12. The number of phenols is 1. The number of rotatable bonds is 2. The maximum atomic E-state index is 10.8. The van der Waals surface area contributed by atoms with Gasteiger partial charge in [-0.1, -0.05) is 12.1 Å². The van der Waals surface area contributed by atoms with Crippen molar-refractivity contribution < 1.29 is 15.0 Å². The number of nitrogens with one attached hydrogen (secondary N) is 1. The van der Waals surface area contributed by atoms with Gasteiger partial charge in [-0.25, -0.2) is 4.79 Å². The number of aromatic amines is 1. The SMILES string of the molecule is O=C(O)c1n[nH]nc1-c1cccc(O)c1. The van der Waals surface area contributed by atoms with Crippen molar-refractivity contribution in [3.63, 3.8) is 0 Å². The number of hydrogen-bond donors (Lipinski definition) is 3. The summed E-state index contributed by atoms with van der Waals surface area (Å²) < 4.78 is 0. The first kappa shape index (κ1) is 9.20. The van der Waals surface area contributed by atoms with Gasteiger partial charge in [0.2, 0.25) is 0 Å². The fourth-order valence-corrected chi connectivity index (χ4v) is 1.23. The zero-order valence-electron chi connectivity index (χ0n) is 7.51. The molecule has 0 spiro atoms. The van der Waals surface area contributed by atoms with Gasteiger partial charge in [-0.15, -0.1) is 5.10 Å². The van der Waals surface area contributed by atoms with Gasteiger partial charge in [0.25, 0.3) is 0 Å². The number of aromatic hydroxyl groups is 1. The van der Waals surface area contributed by atoms with Crippen LogP contribution in [-0.2, 0) is 0 Å². The second kappa shape index (κ2) is 3.41. The van der Waals surface area contributed by atoms with Gasteiger partial charge in [0, 0.05) is 5.56 Å². The first-order chi connectivity index (χ1) is 7.18. The van der Waals surface area contributed by atoms with E-state index < -0.39 is 5.97 Å². The molecule has 6 nitrogen and oxygen atoms in total. The standard InChI is InChI=1S/C9H7N3O3/c13-6-3-1-2-5(4-6)7-8(9(14)15)11-12-10-7/h1-4,13H,(H,14,15)(H,10,11,12). The zero-order chi connectivity index (χ0) is 10.8. The van der Waals surface area contributed by atoms with E-state index in [-0.39, 0.29) is 17.1 Å². The molecule has 2 aromatic rings. The Morgan fingerprint density at radius 2 is 2.13 bits per heavy atom. The van der Waals surface area contributed by atoms with Crippen LogP contribution in [0.2, 0.25) is 0 Å². The highest BCUT2D eigenvalue weighted by molar-refractivity contribution is 5.92. The van der Waals surface area contributed by atoms with E-state index in [4.69, 9.17) is 5.11 Å². The predicted molar refractivity (Wildman–Crippen MR) is 50.4 cm³/mol. The molecule has 0 fully saturated rings. The van der Waals surface area contributed by atoms with Crippen LogP contribution in [0.15, 0.2) is 24.3 Å². The van der Waals surface area contributed by atoms with Crippen molar-refractivity contribution in [2.45, 2.75) is 0 Å². The molecule has 0 saturated heterocycles. The average molecular weight is 205 g/mol. The highest BCUT2D eigenvalue weighted by Gasteiger charge is 2.16. The molecule has 76 valence electrons. The number of aromatic nitrogens is 3. The quantitative estimate of drug-likeness (QED) is 0.675. The Labute approximate surface area is 84.2 Å². The first-order valence-electron chi connectivity index (χ1n) is 4.12. The molecule has 3 N–H and O–H groups in total. The van der Waals surface area contributed by atoms with Crippen LogP contribution in [-0.4, -0.2) is 31.6 Å². The largest absolute Gasteiger partial charge is 0.508 e. The van der Waals surface area contributed by atoms with Crippen LogP contribution in [0.4, 0.5) is 0 Å². The fourth-order valence-electron chi connectivity index (χ4n) is 1.23. The van der Waals surface area contributed by atoms with Gasteiger partial charge in [-0.05, 0) is 12.1 Å². The van der Waals surface area contributed by atoms with E-state index in [1.807, 2.05) is 0 Å². The maximum absolute atomic E-state index is 10.8. The summed E-state index contributed by atoms with van der Waals surface area (Å²) in [6, 6.07) is 6.16. The van der Waals surface area contributed by atoms with Crippen LogP contribution in [0, 0.1) is 0 Å². The zero-order valence-corrected chi connectivity index (χ0v) is 7.51. The molecule has 0 radical (unpaired) electrons. The molecule has 0 bridgehead atoms. The van der Waals surface area contributed by atoms with Gasteiger partial charge in [0.05, 0.1) is 0 Å². The van der Waals surface area contributed by atoms with Crippen LogP contribution in [0.25, 0.3) is 11.3 Å². The van der Waals surface area contributed by atoms with Crippen molar-refractivity contribution in [1.29, 1.82) is 0 Å². The number of phenolic OH excluding ortho intramolecular Hbond substituents is 1. The van der Waals surface area contributed by atoms with E-state index in [0.717, 1.165) is 0 Å². The lowest BCUT2D eigenvalue weighted by atomic mass is 10.1. The fraction of sp³-hybridized carbons (Fsp3) is 0. The number of hydrogen-bond acceptors (Lipinski definition) is 4. The Balaban J connectivity index is 2.54. The van der Waals surface area contributed by atoms with E-state index in [9.17, 15) is 9.90 Å². The summed E-state index contributed by atoms with van der Waals surface area (Å²) in [5, 5.41) is 27.5. The van der Waals surface area contributed by atoms with Gasteiger partial charge < -0.3 is 10.2 Å². The topological polar surface area (TPSA) is 99.1 Å². The summed E-state index contributed by atoms with van der Waals surface area (Å²) in [4.78, 5) is 10.8. The Morgan fingerprint density at radius 1 is 1.33 bits per heavy atom. The van der Waals surface area contributed by atoms with Crippen molar-refractivity contribution in [2.75, 3.05) is 0 Å². The van der Waals surface area contributed by atoms with Crippen molar-refractivity contribution in [3.05, 3.63) is 30.0 Å². The van der Waals surface area contributed by atoms with Crippen LogP contribution in [0.1, 0.15) is 10.5 Å². The molecule has 0 aliphatic heterocycles. The van der Waals surface area contributed by atoms with E-state index in [0.29, 0.717) is 5.56 Å². The van der Waals surface area contributed by atoms with Gasteiger partial charge in [-0.2, -0.15) is 10.3 Å². The molecule has 0 aliphatic carbocycles. The minimum absolute atomic E-state index is 0.0480. The minimum Gasteiger partial charge on any atom is -0.508 e. The highest BCUT2D eigenvalue weighted by atomic mass is 16.4. The molecule has 2 rings (SSSR count). The number of aromatic carboxylic acids is 1. The number of H-pyrrole nitrogens is 1. The second-order valence-corrected chi connectivity index (χ2v) is 2.88. The summed E-state index contributed by atoms with van der Waals surface area (Å²) in [6.45, 7) is 0. The molecule has 0 unspecified atom stereocenters. The second-order valence-electron chi connectivity index (χ2n) is 2.88. The van der Waals surface area contributed by atoms with Gasteiger partial charge in [-0.3, -0.25) is 0 Å². The molecular weight excluding hydrogens is 198 g/mol. The Morgan fingerprint density at radius 3 is 2.80 bits per heavy atom. The normalized spacial score (nSPS) is 10.1. The highest BCUT2D eigenvalue weighted by Crippen LogP contribution is 2.22. The van der Waals surface area contributed by atoms with Crippen molar-refractivity contribution in [2.24, 2.45) is 0 Å². The number of carbonyl (C=O) groups is 1. The van der Waals surface area contributed by atoms with Crippen LogP contribution >= 0.6 is 0 Å². The maximum Gasteiger partial charge on any atom is 0.358 e. The van der Waals surface area contributed by atoms with Crippen molar-refractivity contribution in [1.82, 2.24) is 15.4 Å². The number of nitrogens with zero attached hydrogens (tertiary/aromatic N) is 2. The van der Waals surface area contributed by atoms with Crippen molar-refractivity contribution in [3.8, 4) is 17.0 Å². The van der Waals surface area contributed by atoms with Gasteiger partial charge >= 0.3 is 5.97 Å². The van der Waals surface area contributed by atoms with Crippen LogP contribution in [0.5, 0.6) is 5.75 Å². The summed E-state index contributed by atoms with van der Waals surface area (Å²) in [7, 11) is 0. The summed E-state index contributed by atoms with van der Waals surface area (Å²) in [6.07, 6.45) is 0. The third-order valence-electron chi connectivity index (χ3n) is 1.87. The number of carboxylic acids is 1. The van der Waals surface area contributed by atoms with Crippen molar-refractivity contribution >= 4 is 5.97 Å². The molecule has 0 aliphatic rings. The third-order valence-corrected chi connectivity index (χ3v) is 1.87. The Bertz CT molecular complexity index is 507. The molecule has 0 atom stereocenters. The smallest absolute Gasteiger partial charge is 0.358 e. The molecule has 0 saturated carbocycles. The lowest BCUT2D eigenvalue weighted by Gasteiger charge is -1.97. The molecule has 1 aromatic heterocycles. The molecular formula is C9H7N3O3. The molecule has 6 heteroatoms. The Hall–Kier alpha value is -2.37. The first-order valence-corrected chi connectivity index (χ1v) is 4.12. The van der Waals surface area contributed by atoms with Crippen LogP contribution in [0.3, 0.4) is 0 Å².